The molecule has 0 fully saturated rings. The van der Waals surface area contributed by atoms with Crippen molar-refractivity contribution in [3.8, 4) is 11.3 Å². The van der Waals surface area contributed by atoms with Gasteiger partial charge in [-0.25, -0.2) is 9.67 Å². The highest BCUT2D eigenvalue weighted by molar-refractivity contribution is 5.94. The molecule has 2 aromatic carbocycles. The minimum atomic E-state index is -0.981. The minimum absolute atomic E-state index is 0.0346. The van der Waals surface area contributed by atoms with Crippen LogP contribution >= 0.6 is 0 Å². The zero-order valence-electron chi connectivity index (χ0n) is 30.8. The average Bonchev–Trinajstić information content (AvgIpc) is 3.70. The third-order valence-corrected chi connectivity index (χ3v) is 9.02. The van der Waals surface area contributed by atoms with Crippen molar-refractivity contribution in [2.45, 2.75) is 71.6 Å². The summed E-state index contributed by atoms with van der Waals surface area (Å²) in [5.74, 6) is -1.36. The van der Waals surface area contributed by atoms with E-state index in [1.807, 2.05) is 74.5 Å². The maximum atomic E-state index is 13.9. The molecule has 0 bridgehead atoms. The smallest absolute Gasteiger partial charge is 0.272 e. The zero-order chi connectivity index (χ0) is 38.1. The topological polar surface area (TPSA) is 185 Å². The number of nitrogens with one attached hydrogen (secondary N) is 4. The molecule has 0 unspecified atom stereocenters. The zero-order valence-corrected chi connectivity index (χ0v) is 30.8. The molecule has 3 atom stereocenters. The largest absolute Gasteiger partial charge is 0.353 e. The lowest BCUT2D eigenvalue weighted by Crippen LogP contribution is -2.54. The van der Waals surface area contributed by atoms with Crippen LogP contribution < -0.4 is 21.3 Å². The number of benzene rings is 2. The Bertz CT molecular complexity index is 1910. The van der Waals surface area contributed by atoms with Crippen LogP contribution in [0.1, 0.15) is 67.4 Å². The monoisotopic (exact) mass is 724 g/mol. The summed E-state index contributed by atoms with van der Waals surface area (Å²) in [5.41, 5.74) is 2.69. The summed E-state index contributed by atoms with van der Waals surface area (Å²) < 4.78 is 3.00. The molecule has 5 rings (SSSR count). The van der Waals surface area contributed by atoms with Crippen LogP contribution in [0, 0.1) is 12.8 Å². The first kappa shape index (κ1) is 38.4. The first-order chi connectivity index (χ1) is 25.4. The number of amides is 5. The van der Waals surface area contributed by atoms with Gasteiger partial charge in [-0.3, -0.25) is 28.7 Å². The Morgan fingerprint density at radius 2 is 1.58 bits per heavy atom. The van der Waals surface area contributed by atoms with Crippen molar-refractivity contribution in [3.05, 3.63) is 89.6 Å². The SMILES string of the molecule is Cc1nc2n(n1)CC(=O)NCCN(C(=O)c1cc(-c3ccccc3)nn1C)CCCC(=O)N[C@@H](C)C(=O)N[C@H](Cc1ccccc1)C(=O)N[C@H]2C(C)C. The molecule has 1 aliphatic rings. The maximum Gasteiger partial charge on any atom is 0.272 e. The van der Waals surface area contributed by atoms with E-state index in [0.29, 0.717) is 29.5 Å². The second-order valence-corrected chi connectivity index (χ2v) is 13.6. The van der Waals surface area contributed by atoms with Crippen molar-refractivity contribution in [3.63, 3.8) is 0 Å². The van der Waals surface area contributed by atoms with E-state index in [0.717, 1.165) is 11.1 Å². The molecule has 0 saturated heterocycles. The molecular weight excluding hydrogens is 676 g/mol. The van der Waals surface area contributed by atoms with Crippen LogP contribution in [0.5, 0.6) is 0 Å². The van der Waals surface area contributed by atoms with Gasteiger partial charge in [0.05, 0.1) is 11.7 Å². The summed E-state index contributed by atoms with van der Waals surface area (Å²) in [5, 5.41) is 20.5. The molecule has 15 heteroatoms. The van der Waals surface area contributed by atoms with E-state index in [-0.39, 0.29) is 62.7 Å². The second-order valence-electron chi connectivity index (χ2n) is 13.6. The van der Waals surface area contributed by atoms with Gasteiger partial charge in [0.15, 0.2) is 5.82 Å². The number of rotatable bonds is 5. The van der Waals surface area contributed by atoms with E-state index < -0.39 is 29.9 Å². The molecule has 280 valence electrons. The van der Waals surface area contributed by atoms with Gasteiger partial charge >= 0.3 is 0 Å². The van der Waals surface area contributed by atoms with Crippen molar-refractivity contribution in [1.29, 1.82) is 0 Å². The van der Waals surface area contributed by atoms with E-state index in [2.05, 4.69) is 36.4 Å². The number of aromatic nitrogens is 5. The Balaban J connectivity index is 1.41. The van der Waals surface area contributed by atoms with Crippen molar-refractivity contribution in [2.24, 2.45) is 13.0 Å². The average molecular weight is 725 g/mol. The van der Waals surface area contributed by atoms with Gasteiger partial charge < -0.3 is 26.2 Å². The van der Waals surface area contributed by atoms with Crippen LogP contribution in [-0.2, 0) is 39.2 Å². The van der Waals surface area contributed by atoms with Gasteiger partial charge in [0.1, 0.15) is 30.1 Å². The fourth-order valence-electron chi connectivity index (χ4n) is 6.18. The number of nitrogens with zero attached hydrogens (tertiary/aromatic N) is 6. The summed E-state index contributed by atoms with van der Waals surface area (Å²) in [7, 11) is 1.70. The molecular formula is C38H48N10O5. The quantitative estimate of drug-likeness (QED) is 0.241. The van der Waals surface area contributed by atoms with Gasteiger partial charge in [-0.05, 0) is 37.8 Å². The van der Waals surface area contributed by atoms with Gasteiger partial charge in [0.25, 0.3) is 5.91 Å². The minimum Gasteiger partial charge on any atom is -0.353 e. The second kappa shape index (κ2) is 17.6. The predicted octanol–water partition coefficient (Wildman–Crippen LogP) is 2.08. The third kappa shape index (κ3) is 10.1. The third-order valence-electron chi connectivity index (χ3n) is 9.02. The predicted molar refractivity (Wildman–Crippen MR) is 197 cm³/mol. The highest BCUT2D eigenvalue weighted by Crippen LogP contribution is 2.22. The Hall–Kier alpha value is -5.86. The molecule has 4 aromatic rings. The highest BCUT2D eigenvalue weighted by atomic mass is 16.2. The molecule has 4 N–H and O–H groups in total. The molecule has 0 aliphatic carbocycles. The van der Waals surface area contributed by atoms with Crippen molar-refractivity contribution in [2.75, 3.05) is 19.6 Å². The molecule has 53 heavy (non-hydrogen) atoms. The van der Waals surface area contributed by atoms with Gasteiger partial charge in [-0.1, -0.05) is 74.5 Å². The molecule has 2 aromatic heterocycles. The molecule has 0 radical (unpaired) electrons. The Morgan fingerprint density at radius 3 is 2.28 bits per heavy atom. The number of hydrogen-bond donors (Lipinski definition) is 4. The molecule has 0 saturated carbocycles. The van der Waals surface area contributed by atoms with E-state index in [1.54, 1.807) is 31.9 Å². The Labute approximate surface area is 308 Å². The Kier molecular flexibility index (Phi) is 12.7. The summed E-state index contributed by atoms with van der Waals surface area (Å²) in [6.07, 6.45) is 0.526. The van der Waals surface area contributed by atoms with Crippen LogP contribution in [0.25, 0.3) is 11.3 Å². The fraction of sp³-hybridized carbons (Fsp3) is 0.421. The first-order valence-corrected chi connectivity index (χ1v) is 17.9. The summed E-state index contributed by atoms with van der Waals surface area (Å²) in [6.45, 7) is 7.42. The van der Waals surface area contributed by atoms with Gasteiger partial charge in [-0.15, -0.1) is 0 Å². The van der Waals surface area contributed by atoms with E-state index in [1.165, 1.54) is 9.36 Å². The number of aryl methyl sites for hydroxylation is 2. The summed E-state index contributed by atoms with van der Waals surface area (Å²) in [4.78, 5) is 73.7. The molecule has 15 nitrogen and oxygen atoms in total. The lowest BCUT2D eigenvalue weighted by molar-refractivity contribution is -0.132. The summed E-state index contributed by atoms with van der Waals surface area (Å²) in [6, 6.07) is 18.0. The van der Waals surface area contributed by atoms with Crippen LogP contribution in [0.3, 0.4) is 0 Å². The Morgan fingerprint density at radius 1 is 0.887 bits per heavy atom. The number of hydrogen-bond acceptors (Lipinski definition) is 8. The summed E-state index contributed by atoms with van der Waals surface area (Å²) >= 11 is 0. The first-order valence-electron chi connectivity index (χ1n) is 17.9. The normalized spacial score (nSPS) is 19.8. The number of carbonyl (C=O) groups excluding carboxylic acids is 5. The molecule has 3 heterocycles. The lowest BCUT2D eigenvalue weighted by atomic mass is 10.0. The van der Waals surface area contributed by atoms with Gasteiger partial charge in [-0.2, -0.15) is 10.2 Å². The van der Waals surface area contributed by atoms with Gasteiger partial charge in [0, 0.05) is 45.1 Å². The highest BCUT2D eigenvalue weighted by Gasteiger charge is 2.31. The molecule has 0 spiro atoms. The lowest BCUT2D eigenvalue weighted by Gasteiger charge is -2.27. The molecule has 5 amide bonds. The number of carbonyl (C=O) groups is 5. The standard InChI is InChI=1S/C38H48N10O5/c1-24(2)34-35-41-26(4)44-48(35)23-33(50)39-18-20-47(38(53)31-22-29(45-46(31)5)28-15-10-7-11-16-28)19-12-17-32(49)40-25(3)36(51)42-30(37(52)43-34)21-27-13-8-6-9-14-27/h6-11,13-16,22,24-25,30,34H,12,17-21,23H2,1-5H3,(H,39,50)(H,40,49)(H,42,51)(H,43,52)/t25-,30+,34-/m0/s1. The van der Waals surface area contributed by atoms with E-state index >= 15 is 0 Å². The van der Waals surface area contributed by atoms with Crippen LogP contribution in [0.4, 0.5) is 0 Å². The van der Waals surface area contributed by atoms with Crippen molar-refractivity contribution < 1.29 is 24.0 Å². The molecule has 1 aliphatic heterocycles. The number of fused-ring (bicyclic) bond motifs is 1. The van der Waals surface area contributed by atoms with E-state index in [9.17, 15) is 24.0 Å². The maximum absolute atomic E-state index is 13.9. The van der Waals surface area contributed by atoms with Gasteiger partial charge in [0.2, 0.25) is 23.6 Å². The van der Waals surface area contributed by atoms with Crippen LogP contribution in [0.15, 0.2) is 66.7 Å². The fourth-order valence-corrected chi connectivity index (χ4v) is 6.18. The van der Waals surface area contributed by atoms with Crippen LogP contribution in [-0.4, -0.2) is 90.7 Å². The van der Waals surface area contributed by atoms with Crippen molar-refractivity contribution in [1.82, 2.24) is 50.7 Å². The van der Waals surface area contributed by atoms with E-state index in [4.69, 9.17) is 0 Å². The van der Waals surface area contributed by atoms with Crippen LogP contribution in [0.2, 0.25) is 0 Å². The van der Waals surface area contributed by atoms with Crippen molar-refractivity contribution >= 4 is 29.5 Å².